The second kappa shape index (κ2) is 7.12. The molecule has 4 atom stereocenters. The van der Waals surface area contributed by atoms with Crippen molar-refractivity contribution in [3.05, 3.63) is 11.8 Å². The van der Waals surface area contributed by atoms with Gasteiger partial charge in [0.1, 0.15) is 5.78 Å². The second-order valence-electron chi connectivity index (χ2n) is 6.26. The van der Waals surface area contributed by atoms with Crippen LogP contribution in [0.15, 0.2) is 10.6 Å². The lowest BCUT2D eigenvalue weighted by molar-refractivity contribution is -0.149. The van der Waals surface area contributed by atoms with Gasteiger partial charge < -0.3 is 19.1 Å². The minimum Gasteiger partial charge on any atom is -0.479 e. The summed E-state index contributed by atoms with van der Waals surface area (Å²) in [5.74, 6) is -1.68. The van der Waals surface area contributed by atoms with Crippen molar-refractivity contribution in [3.8, 4) is 5.88 Å². The molecule has 128 valence electrons. The fourth-order valence-electron chi connectivity index (χ4n) is 3.28. The SMILES string of the molecule is COC(=O)[C@@H]1C[C@@H](O)CC1C(=O)C(c1cc(OC)no1)C(C)C. The number of hydrogen-bond donors (Lipinski definition) is 1. The molecular weight excluding hydrogens is 302 g/mol. The van der Waals surface area contributed by atoms with E-state index < -0.39 is 29.8 Å². The zero-order valence-electron chi connectivity index (χ0n) is 13.8. The summed E-state index contributed by atoms with van der Waals surface area (Å²) >= 11 is 0. The lowest BCUT2D eigenvalue weighted by atomic mass is 9.79. The predicted molar refractivity (Wildman–Crippen MR) is 79.9 cm³/mol. The van der Waals surface area contributed by atoms with Crippen molar-refractivity contribution < 1.29 is 28.7 Å². The van der Waals surface area contributed by atoms with E-state index in [0.717, 1.165) is 0 Å². The summed E-state index contributed by atoms with van der Waals surface area (Å²) in [5.41, 5.74) is 0. The quantitative estimate of drug-likeness (QED) is 0.792. The molecule has 0 aliphatic heterocycles. The molecule has 0 saturated heterocycles. The fourth-order valence-corrected chi connectivity index (χ4v) is 3.28. The van der Waals surface area contributed by atoms with Gasteiger partial charge in [0.15, 0.2) is 5.76 Å². The average molecular weight is 325 g/mol. The molecule has 1 aromatic heterocycles. The predicted octanol–water partition coefficient (Wildman–Crippen LogP) is 1.55. The molecule has 1 heterocycles. The summed E-state index contributed by atoms with van der Waals surface area (Å²) in [6, 6.07) is 1.58. The van der Waals surface area contributed by atoms with E-state index in [-0.39, 0.29) is 24.5 Å². The van der Waals surface area contributed by atoms with Crippen LogP contribution < -0.4 is 4.74 Å². The van der Waals surface area contributed by atoms with E-state index in [1.807, 2.05) is 13.8 Å². The van der Waals surface area contributed by atoms with Crippen molar-refractivity contribution in [2.24, 2.45) is 17.8 Å². The van der Waals surface area contributed by atoms with Crippen LogP contribution in [0.3, 0.4) is 0 Å². The lowest BCUT2D eigenvalue weighted by Crippen LogP contribution is -2.32. The van der Waals surface area contributed by atoms with Crippen LogP contribution in [0.2, 0.25) is 0 Å². The van der Waals surface area contributed by atoms with Gasteiger partial charge in [-0.15, -0.1) is 0 Å². The second-order valence-corrected chi connectivity index (χ2v) is 6.26. The number of hydrogen-bond acceptors (Lipinski definition) is 7. The van der Waals surface area contributed by atoms with Crippen LogP contribution in [0.1, 0.15) is 38.4 Å². The van der Waals surface area contributed by atoms with E-state index in [1.165, 1.54) is 14.2 Å². The Bertz CT molecular complexity index is 567. The number of aliphatic hydroxyl groups excluding tert-OH is 1. The van der Waals surface area contributed by atoms with Crippen molar-refractivity contribution in [1.82, 2.24) is 5.16 Å². The number of aliphatic hydroxyl groups is 1. The zero-order valence-corrected chi connectivity index (χ0v) is 13.8. The van der Waals surface area contributed by atoms with Crippen molar-refractivity contribution in [2.45, 2.75) is 38.7 Å². The monoisotopic (exact) mass is 325 g/mol. The molecule has 1 aromatic rings. The highest BCUT2D eigenvalue weighted by atomic mass is 16.5. The Balaban J connectivity index is 2.28. The number of carbonyl (C=O) groups is 2. The summed E-state index contributed by atoms with van der Waals surface area (Å²) in [5, 5.41) is 13.6. The Kier molecular flexibility index (Phi) is 5.41. The summed E-state index contributed by atoms with van der Waals surface area (Å²) in [6.07, 6.45) is -0.175. The summed E-state index contributed by atoms with van der Waals surface area (Å²) < 4.78 is 15.0. The maximum atomic E-state index is 13.0. The molecule has 0 amide bonds. The molecule has 1 fully saturated rings. The van der Waals surface area contributed by atoms with Gasteiger partial charge in [0.25, 0.3) is 5.88 Å². The largest absolute Gasteiger partial charge is 0.479 e. The van der Waals surface area contributed by atoms with Gasteiger partial charge in [-0.1, -0.05) is 13.8 Å². The van der Waals surface area contributed by atoms with Crippen molar-refractivity contribution in [2.75, 3.05) is 14.2 Å². The van der Waals surface area contributed by atoms with Gasteiger partial charge in [0.2, 0.25) is 0 Å². The highest BCUT2D eigenvalue weighted by Crippen LogP contribution is 2.40. The summed E-state index contributed by atoms with van der Waals surface area (Å²) in [6.45, 7) is 3.80. The molecule has 0 bridgehead atoms. The number of ether oxygens (including phenoxy) is 2. The van der Waals surface area contributed by atoms with E-state index in [2.05, 4.69) is 5.16 Å². The number of ketones is 1. The first-order valence-electron chi connectivity index (χ1n) is 7.69. The first-order valence-corrected chi connectivity index (χ1v) is 7.69. The Morgan fingerprint density at radius 1 is 1.30 bits per heavy atom. The number of esters is 1. The topological polar surface area (TPSA) is 98.9 Å². The van der Waals surface area contributed by atoms with Crippen molar-refractivity contribution >= 4 is 11.8 Å². The molecule has 2 rings (SSSR count). The minimum atomic E-state index is -0.676. The number of aromatic nitrogens is 1. The van der Waals surface area contributed by atoms with Gasteiger partial charge >= 0.3 is 5.97 Å². The zero-order chi connectivity index (χ0) is 17.1. The maximum absolute atomic E-state index is 13.0. The van der Waals surface area contributed by atoms with Crippen molar-refractivity contribution in [1.29, 1.82) is 0 Å². The molecule has 0 spiro atoms. The molecule has 2 unspecified atom stereocenters. The number of nitrogens with zero attached hydrogens (tertiary/aromatic N) is 1. The average Bonchev–Trinajstić information content (AvgIpc) is 3.12. The van der Waals surface area contributed by atoms with Crippen LogP contribution in [-0.4, -0.2) is 42.3 Å². The molecule has 1 saturated carbocycles. The first-order chi connectivity index (χ1) is 10.9. The summed E-state index contributed by atoms with van der Waals surface area (Å²) in [4.78, 5) is 24.9. The third kappa shape index (κ3) is 3.55. The molecule has 7 nitrogen and oxygen atoms in total. The Morgan fingerprint density at radius 2 is 1.96 bits per heavy atom. The van der Waals surface area contributed by atoms with Crippen LogP contribution in [0, 0.1) is 17.8 Å². The molecule has 1 aliphatic rings. The minimum absolute atomic E-state index is 0.0452. The van der Waals surface area contributed by atoms with E-state index in [9.17, 15) is 14.7 Å². The van der Waals surface area contributed by atoms with Gasteiger partial charge in [-0.05, 0) is 23.9 Å². The number of carbonyl (C=O) groups excluding carboxylic acids is 2. The molecular formula is C16H23NO6. The maximum Gasteiger partial charge on any atom is 0.309 e. The van der Waals surface area contributed by atoms with E-state index in [0.29, 0.717) is 11.6 Å². The van der Waals surface area contributed by atoms with E-state index in [4.69, 9.17) is 14.0 Å². The Labute approximate surface area is 134 Å². The first kappa shape index (κ1) is 17.5. The third-order valence-corrected chi connectivity index (χ3v) is 4.40. The highest BCUT2D eigenvalue weighted by molar-refractivity contribution is 5.92. The molecule has 0 aromatic carbocycles. The smallest absolute Gasteiger partial charge is 0.309 e. The van der Waals surface area contributed by atoms with Gasteiger partial charge in [-0.25, -0.2) is 0 Å². The number of methoxy groups -OCH3 is 2. The Morgan fingerprint density at radius 3 is 2.48 bits per heavy atom. The van der Waals surface area contributed by atoms with Gasteiger partial charge in [0.05, 0.1) is 32.2 Å². The molecule has 1 N–H and O–H groups in total. The van der Waals surface area contributed by atoms with Crippen LogP contribution in [0.25, 0.3) is 0 Å². The number of rotatable bonds is 6. The van der Waals surface area contributed by atoms with E-state index in [1.54, 1.807) is 6.07 Å². The van der Waals surface area contributed by atoms with E-state index >= 15 is 0 Å². The van der Waals surface area contributed by atoms with Crippen LogP contribution in [-0.2, 0) is 14.3 Å². The molecule has 0 radical (unpaired) electrons. The molecule has 1 aliphatic carbocycles. The standard InChI is InChI=1S/C16H23NO6/c1-8(2)14(12-7-13(21-3)17-23-12)15(19)10-5-9(18)6-11(10)16(20)22-4/h7-11,14,18H,5-6H2,1-4H3/t9-,10?,11+,14?/m0/s1. The molecule has 23 heavy (non-hydrogen) atoms. The van der Waals surface area contributed by atoms with Crippen LogP contribution in [0.4, 0.5) is 0 Å². The third-order valence-electron chi connectivity index (χ3n) is 4.40. The summed E-state index contributed by atoms with van der Waals surface area (Å²) in [7, 11) is 2.75. The van der Waals surface area contributed by atoms with Gasteiger partial charge in [0, 0.05) is 12.0 Å². The fraction of sp³-hybridized carbons (Fsp3) is 0.688. The normalized spacial score (nSPS) is 25.4. The highest BCUT2D eigenvalue weighted by Gasteiger charge is 2.46. The van der Waals surface area contributed by atoms with Crippen LogP contribution >= 0.6 is 0 Å². The van der Waals surface area contributed by atoms with Crippen molar-refractivity contribution in [3.63, 3.8) is 0 Å². The van der Waals surface area contributed by atoms with Gasteiger partial charge in [-0.2, -0.15) is 0 Å². The lowest BCUT2D eigenvalue weighted by Gasteiger charge is -2.23. The van der Waals surface area contributed by atoms with Crippen LogP contribution in [0.5, 0.6) is 5.88 Å². The van der Waals surface area contributed by atoms with Gasteiger partial charge in [-0.3, -0.25) is 9.59 Å². The Hall–Kier alpha value is -1.89. The number of Topliss-reactive ketones (excluding diaryl/α,β-unsaturated/α-hetero) is 1. The molecule has 7 heteroatoms.